The van der Waals surface area contributed by atoms with Gasteiger partial charge < -0.3 is 4.90 Å². The number of fused-ring (bicyclic) bond motifs is 1. The molecular weight excluding hydrogens is 296 g/mol. The van der Waals surface area contributed by atoms with E-state index in [0.29, 0.717) is 5.92 Å². The molecule has 0 spiro atoms. The summed E-state index contributed by atoms with van der Waals surface area (Å²) in [5.41, 5.74) is 3.32. The second-order valence-corrected chi connectivity index (χ2v) is 6.78. The normalized spacial score (nSPS) is 17.0. The molecule has 0 radical (unpaired) electrons. The number of benzene rings is 2. The van der Waals surface area contributed by atoms with Gasteiger partial charge in [0.2, 0.25) is 0 Å². The molecule has 0 bridgehead atoms. The van der Waals surface area contributed by atoms with Gasteiger partial charge in [0, 0.05) is 12.7 Å². The molecule has 4 heteroatoms. The summed E-state index contributed by atoms with van der Waals surface area (Å²) in [4.78, 5) is 2.37. The average molecular weight is 320 g/mol. The highest BCUT2D eigenvalue weighted by Gasteiger charge is 2.30. The standard InChI is InChI=1S/C20H24N4/c1-23(17-12-6-3-7-13-17)20(16-10-4-2-5-11-16)24-19-15-9-8-14-18(19)21-22-24/h3,6-9,12-16,20H,2,4-5,10-11H2,1H3. The van der Waals surface area contributed by atoms with Crippen molar-refractivity contribution in [2.24, 2.45) is 5.92 Å². The van der Waals surface area contributed by atoms with Crippen molar-refractivity contribution in [2.75, 3.05) is 11.9 Å². The highest BCUT2D eigenvalue weighted by molar-refractivity contribution is 5.74. The van der Waals surface area contributed by atoms with Crippen LogP contribution < -0.4 is 4.90 Å². The van der Waals surface area contributed by atoms with Crippen LogP contribution in [0.2, 0.25) is 0 Å². The van der Waals surface area contributed by atoms with Crippen LogP contribution in [0.15, 0.2) is 54.6 Å². The van der Waals surface area contributed by atoms with E-state index in [-0.39, 0.29) is 6.17 Å². The molecule has 1 fully saturated rings. The third kappa shape index (κ3) is 2.77. The van der Waals surface area contributed by atoms with E-state index in [9.17, 15) is 0 Å². The minimum atomic E-state index is 0.208. The zero-order chi connectivity index (χ0) is 16.4. The summed E-state index contributed by atoms with van der Waals surface area (Å²) >= 11 is 0. The molecule has 0 N–H and O–H groups in total. The average Bonchev–Trinajstić information content (AvgIpc) is 3.07. The van der Waals surface area contributed by atoms with Crippen LogP contribution in [0.1, 0.15) is 38.3 Å². The number of para-hydroxylation sites is 2. The molecule has 2 aromatic carbocycles. The molecule has 24 heavy (non-hydrogen) atoms. The Morgan fingerprint density at radius 2 is 1.67 bits per heavy atom. The van der Waals surface area contributed by atoms with Crippen LogP contribution in [0.5, 0.6) is 0 Å². The Morgan fingerprint density at radius 1 is 0.958 bits per heavy atom. The lowest BCUT2D eigenvalue weighted by molar-refractivity contribution is 0.235. The van der Waals surface area contributed by atoms with Crippen molar-refractivity contribution in [1.29, 1.82) is 0 Å². The van der Waals surface area contributed by atoms with E-state index in [1.54, 1.807) is 0 Å². The summed E-state index contributed by atoms with van der Waals surface area (Å²) < 4.78 is 2.14. The Bertz CT molecular complexity index is 790. The summed E-state index contributed by atoms with van der Waals surface area (Å²) in [6, 6.07) is 18.9. The maximum Gasteiger partial charge on any atom is 0.128 e. The SMILES string of the molecule is CN(c1ccccc1)C(C1CCCCC1)n1nnc2ccccc21. The Labute approximate surface area is 143 Å². The first-order valence-electron chi connectivity index (χ1n) is 8.92. The third-order valence-corrected chi connectivity index (χ3v) is 5.26. The molecule has 1 aliphatic rings. The smallest absolute Gasteiger partial charge is 0.128 e. The molecule has 0 aliphatic heterocycles. The minimum Gasteiger partial charge on any atom is -0.352 e. The van der Waals surface area contributed by atoms with Gasteiger partial charge in [0.25, 0.3) is 0 Å². The van der Waals surface area contributed by atoms with Crippen molar-refractivity contribution in [3.63, 3.8) is 0 Å². The number of anilines is 1. The number of aromatic nitrogens is 3. The lowest BCUT2D eigenvalue weighted by atomic mass is 9.86. The van der Waals surface area contributed by atoms with Gasteiger partial charge in [0.1, 0.15) is 11.7 Å². The van der Waals surface area contributed by atoms with Gasteiger partial charge in [-0.25, -0.2) is 4.68 Å². The highest BCUT2D eigenvalue weighted by Crippen LogP contribution is 2.37. The number of nitrogens with zero attached hydrogens (tertiary/aromatic N) is 4. The van der Waals surface area contributed by atoms with Gasteiger partial charge in [-0.2, -0.15) is 0 Å². The van der Waals surface area contributed by atoms with Crippen LogP contribution in [0, 0.1) is 5.92 Å². The van der Waals surface area contributed by atoms with Crippen molar-refractivity contribution < 1.29 is 0 Å². The Kier molecular flexibility index (Phi) is 4.20. The van der Waals surface area contributed by atoms with Crippen molar-refractivity contribution in [3.8, 4) is 0 Å². The van der Waals surface area contributed by atoms with Gasteiger partial charge in [-0.05, 0) is 43.0 Å². The van der Waals surface area contributed by atoms with Crippen LogP contribution in [-0.2, 0) is 0 Å². The van der Waals surface area contributed by atoms with Crippen molar-refractivity contribution in [2.45, 2.75) is 38.3 Å². The second kappa shape index (κ2) is 6.63. The molecule has 4 nitrogen and oxygen atoms in total. The molecule has 1 saturated carbocycles. The maximum absolute atomic E-state index is 4.54. The van der Waals surface area contributed by atoms with Gasteiger partial charge >= 0.3 is 0 Å². The monoisotopic (exact) mass is 320 g/mol. The maximum atomic E-state index is 4.54. The van der Waals surface area contributed by atoms with Crippen molar-refractivity contribution in [1.82, 2.24) is 15.0 Å². The van der Waals surface area contributed by atoms with E-state index in [0.717, 1.165) is 11.0 Å². The van der Waals surface area contributed by atoms with Gasteiger partial charge in [-0.3, -0.25) is 0 Å². The fourth-order valence-electron chi connectivity index (χ4n) is 4.01. The van der Waals surface area contributed by atoms with Gasteiger partial charge in [-0.15, -0.1) is 5.10 Å². The molecule has 1 atom stereocenters. The molecule has 1 aliphatic carbocycles. The summed E-state index contributed by atoms with van der Waals surface area (Å²) in [5.74, 6) is 0.606. The van der Waals surface area contributed by atoms with E-state index in [4.69, 9.17) is 0 Å². The number of hydrogen-bond donors (Lipinski definition) is 0. The fourth-order valence-corrected chi connectivity index (χ4v) is 4.01. The summed E-state index contributed by atoms with van der Waals surface area (Å²) in [6.07, 6.45) is 6.72. The molecule has 4 rings (SSSR count). The van der Waals surface area contributed by atoms with E-state index in [1.807, 2.05) is 12.1 Å². The van der Waals surface area contributed by atoms with Gasteiger partial charge in [0.05, 0.1) is 5.52 Å². The molecule has 0 saturated heterocycles. The lowest BCUT2D eigenvalue weighted by Gasteiger charge is -2.38. The van der Waals surface area contributed by atoms with E-state index in [1.165, 1.54) is 37.8 Å². The van der Waals surface area contributed by atoms with E-state index < -0.39 is 0 Å². The summed E-state index contributed by atoms with van der Waals surface area (Å²) in [5, 5.41) is 8.94. The first-order chi connectivity index (χ1) is 11.8. The Balaban J connectivity index is 1.78. The highest BCUT2D eigenvalue weighted by atomic mass is 15.5. The van der Waals surface area contributed by atoms with Gasteiger partial charge in [-0.1, -0.05) is 54.8 Å². The molecule has 1 unspecified atom stereocenters. The van der Waals surface area contributed by atoms with Crippen LogP contribution in [0.3, 0.4) is 0 Å². The quantitative estimate of drug-likeness (QED) is 0.702. The lowest BCUT2D eigenvalue weighted by Crippen LogP contribution is -2.36. The van der Waals surface area contributed by atoms with E-state index in [2.05, 4.69) is 69.4 Å². The van der Waals surface area contributed by atoms with E-state index >= 15 is 0 Å². The van der Waals surface area contributed by atoms with Crippen LogP contribution in [0.4, 0.5) is 5.69 Å². The van der Waals surface area contributed by atoms with Crippen LogP contribution >= 0.6 is 0 Å². The summed E-state index contributed by atoms with van der Waals surface area (Å²) in [7, 11) is 2.19. The number of rotatable bonds is 4. The largest absolute Gasteiger partial charge is 0.352 e. The zero-order valence-corrected chi connectivity index (χ0v) is 14.2. The molecule has 3 aromatic rings. The predicted octanol–water partition coefficient (Wildman–Crippen LogP) is 4.65. The molecule has 0 amide bonds. The summed E-state index contributed by atoms with van der Waals surface area (Å²) in [6.45, 7) is 0. The Hall–Kier alpha value is -2.36. The first-order valence-corrected chi connectivity index (χ1v) is 8.92. The zero-order valence-electron chi connectivity index (χ0n) is 14.2. The molecular formula is C20H24N4. The molecule has 1 heterocycles. The van der Waals surface area contributed by atoms with Crippen molar-refractivity contribution in [3.05, 3.63) is 54.6 Å². The first kappa shape index (κ1) is 15.2. The number of hydrogen-bond acceptors (Lipinski definition) is 3. The van der Waals surface area contributed by atoms with Crippen molar-refractivity contribution >= 4 is 16.7 Å². The molecule has 124 valence electrons. The third-order valence-electron chi connectivity index (χ3n) is 5.26. The fraction of sp³-hybridized carbons (Fsp3) is 0.400. The second-order valence-electron chi connectivity index (χ2n) is 6.78. The molecule has 1 aromatic heterocycles. The topological polar surface area (TPSA) is 34.0 Å². The van der Waals surface area contributed by atoms with Gasteiger partial charge in [0.15, 0.2) is 0 Å². The predicted molar refractivity (Wildman–Crippen MR) is 98.0 cm³/mol. The van der Waals surface area contributed by atoms with Crippen LogP contribution in [0.25, 0.3) is 11.0 Å². The Morgan fingerprint density at radius 3 is 2.46 bits per heavy atom. The minimum absolute atomic E-state index is 0.208. The van der Waals surface area contributed by atoms with Crippen LogP contribution in [-0.4, -0.2) is 22.0 Å².